The minimum absolute atomic E-state index is 0.0648. The van der Waals surface area contributed by atoms with Gasteiger partial charge in [0.15, 0.2) is 17.3 Å². The average Bonchev–Trinajstić information content (AvgIpc) is 3.12. The van der Waals surface area contributed by atoms with Crippen molar-refractivity contribution >= 4 is 27.3 Å². The summed E-state index contributed by atoms with van der Waals surface area (Å²) in [5.41, 5.74) is -1.03. The molecule has 6 nitrogen and oxygen atoms in total. The maximum absolute atomic E-state index is 15.0. The molecule has 0 bridgehead atoms. The molecule has 1 saturated carbocycles. The van der Waals surface area contributed by atoms with Gasteiger partial charge in [0.1, 0.15) is 26.5 Å². The van der Waals surface area contributed by atoms with Crippen LogP contribution < -0.4 is 5.32 Å². The molecule has 1 aromatic heterocycles. The molecule has 1 atom stereocenters. The van der Waals surface area contributed by atoms with Gasteiger partial charge in [-0.05, 0) is 55.7 Å². The van der Waals surface area contributed by atoms with E-state index >= 15 is 0 Å². The van der Waals surface area contributed by atoms with Crippen molar-refractivity contribution in [2.75, 3.05) is 12.8 Å². The number of nitrogens with one attached hydrogen (secondary N) is 1. The summed E-state index contributed by atoms with van der Waals surface area (Å²) in [6, 6.07) is 1.64. The fourth-order valence-corrected chi connectivity index (χ4v) is 6.00. The molecule has 0 radical (unpaired) electrons. The van der Waals surface area contributed by atoms with Crippen molar-refractivity contribution in [3.63, 3.8) is 0 Å². The first kappa shape index (κ1) is 29.3. The summed E-state index contributed by atoms with van der Waals surface area (Å²) >= 11 is 6.35. The molecule has 3 rings (SSSR count). The zero-order valence-corrected chi connectivity index (χ0v) is 22.2. The molecule has 1 fully saturated rings. The van der Waals surface area contributed by atoms with E-state index in [9.17, 15) is 35.2 Å². The third-order valence-corrected chi connectivity index (χ3v) is 8.80. The molecule has 0 aliphatic heterocycles. The van der Waals surface area contributed by atoms with E-state index in [0.29, 0.717) is 25.7 Å². The zero-order chi connectivity index (χ0) is 27.7. The van der Waals surface area contributed by atoms with E-state index in [1.807, 2.05) is 0 Å². The highest BCUT2D eigenvalue weighted by Gasteiger charge is 2.36. The molecule has 1 heterocycles. The van der Waals surface area contributed by atoms with Crippen LogP contribution in [0.25, 0.3) is 5.69 Å². The number of aromatic nitrogens is 2. The average molecular weight is 570 g/mol. The van der Waals surface area contributed by atoms with E-state index in [-0.39, 0.29) is 46.4 Å². The van der Waals surface area contributed by atoms with Gasteiger partial charge >= 0.3 is 6.18 Å². The third-order valence-electron chi connectivity index (χ3n) is 6.77. The SMILES string of the molecule is CCc1nc(C(=O)NCC2CCC(S(C)(=O)=O)CC2)c(Cl)n1-c1c(F)cc(C[C@H](C)C(F)(F)F)cc1F. The van der Waals surface area contributed by atoms with Crippen LogP contribution in [-0.4, -0.2) is 48.1 Å². The predicted octanol–water partition coefficient (Wildman–Crippen LogP) is 5.44. The van der Waals surface area contributed by atoms with Gasteiger partial charge < -0.3 is 5.32 Å². The Morgan fingerprint density at radius 3 is 2.24 bits per heavy atom. The Bertz CT molecular complexity index is 1230. The first-order valence-electron chi connectivity index (χ1n) is 11.9. The van der Waals surface area contributed by atoms with E-state index in [1.54, 1.807) is 6.92 Å². The summed E-state index contributed by atoms with van der Waals surface area (Å²) in [4.78, 5) is 17.0. The van der Waals surface area contributed by atoms with Gasteiger partial charge in [-0.2, -0.15) is 13.2 Å². The molecule has 0 unspecified atom stereocenters. The van der Waals surface area contributed by atoms with Gasteiger partial charge in [0, 0.05) is 19.2 Å². The summed E-state index contributed by atoms with van der Waals surface area (Å²) in [5.74, 6) is -4.55. The molecule has 37 heavy (non-hydrogen) atoms. The maximum atomic E-state index is 15.0. The highest BCUT2D eigenvalue weighted by molar-refractivity contribution is 7.91. The molecule has 1 aliphatic carbocycles. The number of benzene rings is 1. The molecule has 206 valence electrons. The van der Waals surface area contributed by atoms with Crippen LogP contribution in [0.3, 0.4) is 0 Å². The van der Waals surface area contributed by atoms with Gasteiger partial charge in [-0.15, -0.1) is 0 Å². The van der Waals surface area contributed by atoms with Gasteiger partial charge in [-0.25, -0.2) is 22.2 Å². The molecular weight excluding hydrogens is 541 g/mol. The standard InChI is InChI=1S/C24H29ClF5N3O3S/c1-4-19-32-20(23(34)31-12-14-5-7-16(8-6-14)37(3,35)36)22(25)33(19)21-17(26)10-15(11-18(21)27)9-13(2)24(28,29)30/h10-11,13-14,16H,4-9,12H2,1-3H3,(H,31,34)/t13-,14?,16?/m0/s1. The lowest BCUT2D eigenvalue weighted by atomic mass is 9.89. The summed E-state index contributed by atoms with van der Waals surface area (Å²) in [7, 11) is -3.11. The molecule has 1 amide bonds. The molecule has 1 aromatic carbocycles. The molecule has 0 saturated heterocycles. The van der Waals surface area contributed by atoms with Crippen LogP contribution in [0.5, 0.6) is 0 Å². The van der Waals surface area contributed by atoms with Crippen LogP contribution in [0.2, 0.25) is 5.15 Å². The Morgan fingerprint density at radius 2 is 1.76 bits per heavy atom. The number of rotatable bonds is 8. The Labute approximate surface area is 217 Å². The van der Waals surface area contributed by atoms with Gasteiger partial charge in [0.25, 0.3) is 5.91 Å². The number of halogens is 6. The Hall–Kier alpha value is -2.21. The predicted molar refractivity (Wildman–Crippen MR) is 130 cm³/mol. The second-order valence-electron chi connectivity index (χ2n) is 9.59. The van der Waals surface area contributed by atoms with Crippen LogP contribution in [-0.2, 0) is 22.7 Å². The lowest BCUT2D eigenvalue weighted by Gasteiger charge is -2.27. The van der Waals surface area contributed by atoms with E-state index in [0.717, 1.165) is 23.6 Å². The number of hydrogen-bond donors (Lipinski definition) is 1. The van der Waals surface area contributed by atoms with Crippen molar-refractivity contribution in [2.24, 2.45) is 11.8 Å². The molecule has 1 aliphatic rings. The Morgan fingerprint density at radius 1 is 1.19 bits per heavy atom. The first-order chi connectivity index (χ1) is 17.1. The number of carbonyl (C=O) groups excluding carboxylic acids is 1. The van der Waals surface area contributed by atoms with E-state index in [1.165, 1.54) is 6.26 Å². The summed E-state index contributed by atoms with van der Waals surface area (Å²) < 4.78 is 93.0. The second-order valence-corrected chi connectivity index (χ2v) is 12.3. The number of hydrogen-bond acceptors (Lipinski definition) is 4. The minimum atomic E-state index is -4.51. The van der Waals surface area contributed by atoms with Crippen molar-refractivity contribution in [3.05, 3.63) is 46.0 Å². The monoisotopic (exact) mass is 569 g/mol. The zero-order valence-electron chi connectivity index (χ0n) is 20.6. The lowest BCUT2D eigenvalue weighted by molar-refractivity contribution is -0.169. The van der Waals surface area contributed by atoms with Crippen LogP contribution in [0.15, 0.2) is 12.1 Å². The van der Waals surface area contributed by atoms with Crippen molar-refractivity contribution < 1.29 is 35.2 Å². The normalized spacial score (nSPS) is 19.6. The smallest absolute Gasteiger partial charge is 0.350 e. The number of imidazole rings is 1. The molecule has 13 heteroatoms. The molecule has 2 aromatic rings. The van der Waals surface area contributed by atoms with Crippen molar-refractivity contribution in [2.45, 2.75) is 63.8 Å². The van der Waals surface area contributed by atoms with Gasteiger partial charge in [0.05, 0.1) is 11.2 Å². The Kier molecular flexibility index (Phi) is 8.94. The van der Waals surface area contributed by atoms with E-state index < -0.39 is 51.6 Å². The van der Waals surface area contributed by atoms with Crippen LogP contribution in [0.4, 0.5) is 22.0 Å². The van der Waals surface area contributed by atoms with Gasteiger partial charge in [-0.3, -0.25) is 9.36 Å². The summed E-state index contributed by atoms with van der Waals surface area (Å²) in [6.07, 6.45) is -1.48. The van der Waals surface area contributed by atoms with E-state index in [4.69, 9.17) is 11.6 Å². The number of aryl methyl sites for hydroxylation is 1. The van der Waals surface area contributed by atoms with Crippen molar-refractivity contribution in [1.29, 1.82) is 0 Å². The van der Waals surface area contributed by atoms with Gasteiger partial charge in [0.2, 0.25) is 0 Å². The number of carbonyl (C=O) groups is 1. The van der Waals surface area contributed by atoms with Crippen molar-refractivity contribution in [3.8, 4) is 5.69 Å². The largest absolute Gasteiger partial charge is 0.391 e. The number of nitrogens with zero attached hydrogens (tertiary/aromatic N) is 2. The minimum Gasteiger partial charge on any atom is -0.350 e. The second kappa shape index (κ2) is 11.3. The third kappa shape index (κ3) is 6.81. The topological polar surface area (TPSA) is 81.1 Å². The molecular formula is C24H29ClF5N3O3S. The number of alkyl halides is 3. The summed E-state index contributed by atoms with van der Waals surface area (Å²) in [5, 5.41) is 2.00. The highest BCUT2D eigenvalue weighted by atomic mass is 35.5. The number of sulfone groups is 1. The highest BCUT2D eigenvalue weighted by Crippen LogP contribution is 2.32. The van der Waals surface area contributed by atoms with Crippen LogP contribution >= 0.6 is 11.6 Å². The molecule has 0 spiro atoms. The fourth-order valence-electron chi connectivity index (χ4n) is 4.56. The lowest BCUT2D eigenvalue weighted by Crippen LogP contribution is -2.34. The first-order valence-corrected chi connectivity index (χ1v) is 14.3. The maximum Gasteiger partial charge on any atom is 0.391 e. The van der Waals surface area contributed by atoms with E-state index in [2.05, 4.69) is 10.3 Å². The van der Waals surface area contributed by atoms with Crippen LogP contribution in [0, 0.1) is 23.5 Å². The summed E-state index contributed by atoms with van der Waals surface area (Å²) in [6.45, 7) is 2.83. The fraction of sp³-hybridized carbons (Fsp3) is 0.583. The molecule has 1 N–H and O–H groups in total. The number of amides is 1. The van der Waals surface area contributed by atoms with Crippen LogP contribution in [0.1, 0.15) is 61.4 Å². The van der Waals surface area contributed by atoms with Crippen molar-refractivity contribution in [1.82, 2.24) is 14.9 Å². The Balaban J connectivity index is 1.79. The van der Waals surface area contributed by atoms with Gasteiger partial charge in [-0.1, -0.05) is 25.4 Å². The quantitative estimate of drug-likeness (QED) is 0.429.